The van der Waals surface area contributed by atoms with Gasteiger partial charge in [-0.1, -0.05) is 30.0 Å². The number of amides is 1. The van der Waals surface area contributed by atoms with Gasteiger partial charge in [-0.05, 0) is 43.7 Å². The quantitative estimate of drug-likeness (QED) is 0.444. The largest absolute Gasteiger partial charge is 0.465 e. The Balaban J connectivity index is 1.87. The van der Waals surface area contributed by atoms with Crippen molar-refractivity contribution in [3.8, 4) is 11.3 Å². The van der Waals surface area contributed by atoms with Crippen LogP contribution in [-0.4, -0.2) is 34.8 Å². The van der Waals surface area contributed by atoms with Gasteiger partial charge in [-0.25, -0.2) is 4.79 Å². The van der Waals surface area contributed by atoms with Gasteiger partial charge < -0.3 is 9.15 Å². The molecule has 1 saturated heterocycles. The van der Waals surface area contributed by atoms with E-state index in [-0.39, 0.29) is 11.9 Å². The molecule has 0 unspecified atom stereocenters. The van der Waals surface area contributed by atoms with Gasteiger partial charge in [-0.2, -0.15) is 0 Å². The van der Waals surface area contributed by atoms with Crippen molar-refractivity contribution in [3.05, 3.63) is 52.1 Å². The molecular weight excluding hydrogens is 370 g/mol. The molecule has 0 atom stereocenters. The molecular formula is C19H17NO4S2. The van der Waals surface area contributed by atoms with Crippen molar-refractivity contribution < 1.29 is 18.7 Å². The summed E-state index contributed by atoms with van der Waals surface area (Å²) in [7, 11) is 1.35. The normalized spacial score (nSPS) is 15.8. The highest BCUT2D eigenvalue weighted by Gasteiger charge is 2.30. The highest BCUT2D eigenvalue weighted by molar-refractivity contribution is 8.26. The topological polar surface area (TPSA) is 59.8 Å². The number of furan rings is 1. The van der Waals surface area contributed by atoms with E-state index >= 15 is 0 Å². The van der Waals surface area contributed by atoms with E-state index in [2.05, 4.69) is 0 Å². The summed E-state index contributed by atoms with van der Waals surface area (Å²) < 4.78 is 11.2. The molecule has 0 saturated carbocycles. The smallest absolute Gasteiger partial charge is 0.337 e. The van der Waals surface area contributed by atoms with Crippen LogP contribution in [0.4, 0.5) is 0 Å². The number of likely N-dealkylation sites (N-methyl/N-ethyl adjacent to an activating group) is 1. The summed E-state index contributed by atoms with van der Waals surface area (Å²) in [4.78, 5) is 26.0. The molecule has 0 N–H and O–H groups in total. The van der Waals surface area contributed by atoms with Crippen molar-refractivity contribution in [1.82, 2.24) is 4.90 Å². The van der Waals surface area contributed by atoms with E-state index in [1.807, 2.05) is 32.0 Å². The molecule has 2 aromatic rings. The average Bonchev–Trinajstić information content (AvgIpc) is 3.19. The standard InChI is InChI=1S/C19H17NO4S2/c1-4-20-17(21)16(26-19(20)25)10-13-6-8-15(24-13)14-7-5-12(9-11(14)2)18(22)23-3/h5-10H,4H2,1-3H3/b16-10-. The van der Waals surface area contributed by atoms with Gasteiger partial charge in [0, 0.05) is 18.2 Å². The first-order chi connectivity index (χ1) is 12.4. The Morgan fingerprint density at radius 1 is 1.35 bits per heavy atom. The number of hydrogen-bond donors (Lipinski definition) is 0. The summed E-state index contributed by atoms with van der Waals surface area (Å²) >= 11 is 6.49. The number of ether oxygens (including phenoxy) is 1. The monoisotopic (exact) mass is 387 g/mol. The van der Waals surface area contributed by atoms with Crippen LogP contribution in [0.15, 0.2) is 39.7 Å². The zero-order chi connectivity index (χ0) is 18.8. The summed E-state index contributed by atoms with van der Waals surface area (Å²) in [6.07, 6.45) is 1.70. The van der Waals surface area contributed by atoms with Gasteiger partial charge >= 0.3 is 5.97 Å². The fraction of sp³-hybridized carbons (Fsp3) is 0.211. The van der Waals surface area contributed by atoms with Crippen molar-refractivity contribution >= 4 is 46.3 Å². The minimum Gasteiger partial charge on any atom is -0.465 e. The fourth-order valence-corrected chi connectivity index (χ4v) is 4.03. The molecule has 1 amide bonds. The van der Waals surface area contributed by atoms with Crippen LogP contribution < -0.4 is 0 Å². The van der Waals surface area contributed by atoms with Crippen LogP contribution in [0, 0.1) is 6.92 Å². The lowest BCUT2D eigenvalue weighted by molar-refractivity contribution is -0.122. The first-order valence-corrected chi connectivity index (χ1v) is 9.21. The number of hydrogen-bond acceptors (Lipinski definition) is 6. The number of carbonyl (C=O) groups excluding carboxylic acids is 2. The van der Waals surface area contributed by atoms with Gasteiger partial charge in [0.05, 0.1) is 17.6 Å². The Morgan fingerprint density at radius 3 is 2.73 bits per heavy atom. The lowest BCUT2D eigenvalue weighted by Crippen LogP contribution is -2.27. The maximum Gasteiger partial charge on any atom is 0.337 e. The molecule has 1 aromatic carbocycles. The van der Waals surface area contributed by atoms with E-state index < -0.39 is 0 Å². The molecule has 5 nitrogen and oxygen atoms in total. The summed E-state index contributed by atoms with van der Waals surface area (Å²) in [6.45, 7) is 4.34. The maximum atomic E-state index is 12.3. The molecule has 3 rings (SSSR count). The first-order valence-electron chi connectivity index (χ1n) is 7.99. The molecule has 1 aliphatic heterocycles. The van der Waals surface area contributed by atoms with Crippen molar-refractivity contribution in [2.75, 3.05) is 13.7 Å². The zero-order valence-electron chi connectivity index (χ0n) is 14.6. The molecule has 1 fully saturated rings. The van der Waals surface area contributed by atoms with Crippen LogP contribution in [0.1, 0.15) is 28.6 Å². The van der Waals surface area contributed by atoms with Crippen LogP contribution >= 0.6 is 24.0 Å². The highest BCUT2D eigenvalue weighted by atomic mass is 32.2. The predicted octanol–water partition coefficient (Wildman–Crippen LogP) is 4.26. The van der Waals surface area contributed by atoms with Gasteiger partial charge in [-0.3, -0.25) is 9.69 Å². The second-order valence-electron chi connectivity index (χ2n) is 5.65. The summed E-state index contributed by atoms with van der Waals surface area (Å²) in [5.74, 6) is 0.765. The SMILES string of the molecule is CCN1C(=O)/C(=C/c2ccc(-c3ccc(C(=O)OC)cc3C)o2)SC1=S. The number of thioether (sulfide) groups is 1. The van der Waals surface area contributed by atoms with Gasteiger partial charge in [0.1, 0.15) is 15.8 Å². The summed E-state index contributed by atoms with van der Waals surface area (Å²) in [5, 5.41) is 0. The lowest BCUT2D eigenvalue weighted by Gasteiger charge is -2.09. The minimum absolute atomic E-state index is 0.0981. The molecule has 1 aromatic heterocycles. The Labute approximate surface area is 161 Å². The van der Waals surface area contributed by atoms with Crippen LogP contribution in [-0.2, 0) is 9.53 Å². The molecule has 2 heterocycles. The Morgan fingerprint density at radius 2 is 2.12 bits per heavy atom. The molecule has 0 bridgehead atoms. The summed E-state index contributed by atoms with van der Waals surface area (Å²) in [5.41, 5.74) is 2.26. The van der Waals surface area contributed by atoms with Gasteiger partial charge in [-0.15, -0.1) is 0 Å². The lowest BCUT2D eigenvalue weighted by atomic mass is 10.0. The molecule has 134 valence electrons. The van der Waals surface area contributed by atoms with Crippen LogP contribution in [0.5, 0.6) is 0 Å². The number of carbonyl (C=O) groups is 2. The van der Waals surface area contributed by atoms with Crippen molar-refractivity contribution in [1.29, 1.82) is 0 Å². The maximum absolute atomic E-state index is 12.3. The Bertz CT molecular complexity index is 929. The number of rotatable bonds is 4. The zero-order valence-corrected chi connectivity index (χ0v) is 16.2. The number of nitrogens with zero attached hydrogens (tertiary/aromatic N) is 1. The van der Waals surface area contributed by atoms with Gasteiger partial charge in [0.15, 0.2) is 0 Å². The van der Waals surface area contributed by atoms with Gasteiger partial charge in [0.2, 0.25) is 0 Å². The van der Waals surface area contributed by atoms with Crippen molar-refractivity contribution in [3.63, 3.8) is 0 Å². The van der Waals surface area contributed by atoms with E-state index in [1.54, 1.807) is 23.1 Å². The third-order valence-corrected chi connectivity index (χ3v) is 5.38. The Kier molecular flexibility index (Phi) is 5.29. The second-order valence-corrected chi connectivity index (χ2v) is 7.33. The number of methoxy groups -OCH3 is 1. The molecule has 0 spiro atoms. The Hall–Kier alpha value is -2.38. The van der Waals surface area contributed by atoms with Crippen molar-refractivity contribution in [2.24, 2.45) is 0 Å². The van der Waals surface area contributed by atoms with Crippen LogP contribution in [0.2, 0.25) is 0 Å². The van der Waals surface area contributed by atoms with Crippen LogP contribution in [0.3, 0.4) is 0 Å². The molecule has 0 radical (unpaired) electrons. The highest BCUT2D eigenvalue weighted by Crippen LogP contribution is 2.34. The van der Waals surface area contributed by atoms with E-state index in [1.165, 1.54) is 18.9 Å². The number of thiocarbonyl (C=S) groups is 1. The van der Waals surface area contributed by atoms with E-state index in [0.717, 1.165) is 11.1 Å². The number of benzene rings is 1. The third kappa shape index (κ3) is 3.45. The molecule has 1 aliphatic rings. The molecule has 26 heavy (non-hydrogen) atoms. The van der Waals surface area contributed by atoms with Crippen molar-refractivity contribution in [2.45, 2.75) is 13.8 Å². The fourth-order valence-electron chi connectivity index (χ4n) is 2.66. The van der Waals surface area contributed by atoms with E-state index in [9.17, 15) is 9.59 Å². The molecule has 7 heteroatoms. The summed E-state index contributed by atoms with van der Waals surface area (Å²) in [6, 6.07) is 8.92. The van der Waals surface area contributed by atoms with E-state index in [0.29, 0.717) is 32.9 Å². The van der Waals surface area contributed by atoms with Gasteiger partial charge in [0.25, 0.3) is 5.91 Å². The number of aryl methyl sites for hydroxylation is 1. The number of esters is 1. The first kappa shape index (κ1) is 18.4. The minimum atomic E-state index is -0.377. The van der Waals surface area contributed by atoms with E-state index in [4.69, 9.17) is 21.4 Å². The third-order valence-electron chi connectivity index (χ3n) is 4.00. The molecule has 0 aliphatic carbocycles. The second kappa shape index (κ2) is 7.47. The predicted molar refractivity (Wildman–Crippen MR) is 106 cm³/mol. The average molecular weight is 387 g/mol. The van der Waals surface area contributed by atoms with Crippen LogP contribution in [0.25, 0.3) is 17.4 Å².